The lowest BCUT2D eigenvalue weighted by Crippen LogP contribution is -2.56. The van der Waals surface area contributed by atoms with Crippen LogP contribution in [0.3, 0.4) is 0 Å². The third kappa shape index (κ3) is 3.89. The van der Waals surface area contributed by atoms with Crippen LogP contribution in [0, 0.1) is 0 Å². The van der Waals surface area contributed by atoms with E-state index in [4.69, 9.17) is 0 Å². The second-order valence-corrected chi connectivity index (χ2v) is 3.41. The summed E-state index contributed by atoms with van der Waals surface area (Å²) in [6.45, 7) is 3.56. The number of halogens is 6. The van der Waals surface area contributed by atoms with E-state index in [1.807, 2.05) is 0 Å². The van der Waals surface area contributed by atoms with Gasteiger partial charge in [-0.3, -0.25) is 4.90 Å². The fraction of sp³-hybridized carbons (Fsp3) is 1.00. The van der Waals surface area contributed by atoms with Crippen molar-refractivity contribution in [2.75, 3.05) is 6.54 Å². The van der Waals surface area contributed by atoms with Crippen LogP contribution in [0.25, 0.3) is 0 Å². The average molecular weight is 237 g/mol. The molecule has 0 aromatic heterocycles. The topological polar surface area (TPSA) is 3.24 Å². The Morgan fingerprint density at radius 1 is 0.933 bits per heavy atom. The van der Waals surface area contributed by atoms with Gasteiger partial charge in [0, 0.05) is 6.04 Å². The first-order chi connectivity index (χ1) is 6.51. The van der Waals surface area contributed by atoms with Gasteiger partial charge in [-0.2, -0.15) is 26.3 Å². The molecule has 0 saturated heterocycles. The van der Waals surface area contributed by atoms with E-state index in [2.05, 4.69) is 0 Å². The highest BCUT2D eigenvalue weighted by molar-refractivity contribution is 4.86. The van der Waals surface area contributed by atoms with Gasteiger partial charge >= 0.3 is 12.4 Å². The summed E-state index contributed by atoms with van der Waals surface area (Å²) in [5.74, 6) is 0. The van der Waals surface area contributed by atoms with Crippen molar-refractivity contribution in [1.29, 1.82) is 0 Å². The maximum atomic E-state index is 12.3. The van der Waals surface area contributed by atoms with Crippen molar-refractivity contribution >= 4 is 0 Å². The molecule has 7 heteroatoms. The Kier molecular flexibility index (Phi) is 4.45. The molecule has 0 aromatic carbocycles. The van der Waals surface area contributed by atoms with Gasteiger partial charge in [-0.15, -0.1) is 0 Å². The van der Waals surface area contributed by atoms with Gasteiger partial charge in [0.25, 0.3) is 0 Å². The molecule has 0 unspecified atom stereocenters. The normalized spacial score (nSPS) is 14.4. The van der Waals surface area contributed by atoms with Gasteiger partial charge < -0.3 is 0 Å². The Morgan fingerprint density at radius 3 is 1.33 bits per heavy atom. The molecule has 0 heterocycles. The molecule has 0 saturated carbocycles. The van der Waals surface area contributed by atoms with E-state index in [-0.39, 0.29) is 6.54 Å². The summed E-state index contributed by atoms with van der Waals surface area (Å²) >= 11 is 0. The number of hydrogen-bond donors (Lipinski definition) is 0. The molecule has 0 N–H and O–H groups in total. The predicted octanol–water partition coefficient (Wildman–Crippen LogP) is 3.21. The number of nitrogens with zero attached hydrogens (tertiary/aromatic N) is 1. The van der Waals surface area contributed by atoms with Crippen molar-refractivity contribution in [1.82, 2.24) is 4.90 Å². The Labute approximate surface area is 84.0 Å². The van der Waals surface area contributed by atoms with Crippen LogP contribution in [-0.2, 0) is 0 Å². The SMILES string of the molecule is CCN(C(C)C)C(C(F)(F)F)C(F)(F)F. The lowest BCUT2D eigenvalue weighted by atomic mass is 10.2. The Bertz CT molecular complexity index is 180. The molecule has 0 spiro atoms. The predicted molar refractivity (Wildman–Crippen MR) is 43.4 cm³/mol. The fourth-order valence-electron chi connectivity index (χ4n) is 1.41. The molecule has 1 nitrogen and oxygen atoms in total. The first kappa shape index (κ1) is 14.5. The second kappa shape index (κ2) is 4.59. The quantitative estimate of drug-likeness (QED) is 0.681. The second-order valence-electron chi connectivity index (χ2n) is 3.41. The maximum absolute atomic E-state index is 12.3. The van der Waals surface area contributed by atoms with Crippen LogP contribution in [0.5, 0.6) is 0 Å². The van der Waals surface area contributed by atoms with E-state index in [0.29, 0.717) is 4.90 Å². The van der Waals surface area contributed by atoms with Crippen LogP contribution < -0.4 is 0 Å². The summed E-state index contributed by atoms with van der Waals surface area (Å²) in [5.41, 5.74) is 0. The van der Waals surface area contributed by atoms with Gasteiger partial charge in [-0.25, -0.2) is 0 Å². The van der Waals surface area contributed by atoms with Crippen LogP contribution in [0.1, 0.15) is 20.8 Å². The summed E-state index contributed by atoms with van der Waals surface area (Å²) in [6, 6.07) is -4.20. The van der Waals surface area contributed by atoms with Crippen molar-refractivity contribution in [3.05, 3.63) is 0 Å². The molecule has 0 bridgehead atoms. The van der Waals surface area contributed by atoms with Crippen LogP contribution >= 0.6 is 0 Å². The summed E-state index contributed by atoms with van der Waals surface area (Å²) in [7, 11) is 0. The zero-order valence-electron chi connectivity index (χ0n) is 8.58. The van der Waals surface area contributed by atoms with Gasteiger partial charge in [0.15, 0.2) is 0 Å². The minimum Gasteiger partial charge on any atom is -0.283 e. The molecule has 0 fully saturated rings. The van der Waals surface area contributed by atoms with E-state index >= 15 is 0 Å². The first-order valence-electron chi connectivity index (χ1n) is 4.41. The monoisotopic (exact) mass is 237 g/mol. The molecule has 0 radical (unpaired) electrons. The number of alkyl halides is 6. The zero-order valence-corrected chi connectivity index (χ0v) is 8.58. The molecule has 92 valence electrons. The third-order valence-electron chi connectivity index (χ3n) is 1.98. The zero-order chi connectivity index (χ0) is 12.4. The smallest absolute Gasteiger partial charge is 0.283 e. The molecule has 0 atom stereocenters. The minimum absolute atomic E-state index is 0.304. The van der Waals surface area contributed by atoms with E-state index in [9.17, 15) is 26.3 Å². The molecular weight excluding hydrogens is 224 g/mol. The van der Waals surface area contributed by atoms with Crippen molar-refractivity contribution < 1.29 is 26.3 Å². The van der Waals surface area contributed by atoms with Gasteiger partial charge in [0.1, 0.15) is 0 Å². The summed E-state index contributed by atoms with van der Waals surface area (Å²) in [4.78, 5) is 0.375. The molecule has 0 aliphatic rings. The molecule has 0 aromatic rings. The maximum Gasteiger partial charge on any atom is 0.412 e. The van der Waals surface area contributed by atoms with E-state index in [0.717, 1.165) is 0 Å². The van der Waals surface area contributed by atoms with Crippen molar-refractivity contribution in [3.63, 3.8) is 0 Å². The molecule has 0 amide bonds. The Hall–Kier alpha value is -0.460. The fourth-order valence-corrected chi connectivity index (χ4v) is 1.41. The Balaban J connectivity index is 5.10. The van der Waals surface area contributed by atoms with Gasteiger partial charge in [-0.05, 0) is 20.4 Å². The molecule has 15 heavy (non-hydrogen) atoms. The van der Waals surface area contributed by atoms with Crippen LogP contribution in [0.15, 0.2) is 0 Å². The van der Waals surface area contributed by atoms with Crippen LogP contribution in [0.4, 0.5) is 26.3 Å². The standard InChI is InChI=1S/C8H13F6N/c1-4-15(5(2)3)6(7(9,10)11)8(12,13)14/h5-6H,4H2,1-3H3. The summed E-state index contributed by atoms with van der Waals surface area (Å²) in [5, 5.41) is 0. The van der Waals surface area contributed by atoms with Crippen molar-refractivity contribution in [2.45, 2.75) is 45.2 Å². The minimum atomic E-state index is -5.29. The number of hydrogen-bond acceptors (Lipinski definition) is 1. The average Bonchev–Trinajstić information content (AvgIpc) is 1.93. The van der Waals surface area contributed by atoms with Crippen molar-refractivity contribution in [2.24, 2.45) is 0 Å². The summed E-state index contributed by atoms with van der Waals surface area (Å²) in [6.07, 6.45) is -10.6. The van der Waals surface area contributed by atoms with E-state index in [1.54, 1.807) is 0 Å². The van der Waals surface area contributed by atoms with Crippen LogP contribution in [0.2, 0.25) is 0 Å². The molecule has 0 aliphatic carbocycles. The van der Waals surface area contributed by atoms with Gasteiger partial charge in [0.05, 0.1) is 0 Å². The lowest BCUT2D eigenvalue weighted by Gasteiger charge is -2.36. The largest absolute Gasteiger partial charge is 0.412 e. The van der Waals surface area contributed by atoms with Crippen molar-refractivity contribution in [3.8, 4) is 0 Å². The highest BCUT2D eigenvalue weighted by atomic mass is 19.4. The van der Waals surface area contributed by atoms with Gasteiger partial charge in [0.2, 0.25) is 6.04 Å². The Morgan fingerprint density at radius 2 is 1.27 bits per heavy atom. The molecule has 0 aliphatic heterocycles. The number of rotatable bonds is 3. The van der Waals surface area contributed by atoms with Crippen LogP contribution in [-0.4, -0.2) is 35.9 Å². The highest BCUT2D eigenvalue weighted by Gasteiger charge is 2.59. The third-order valence-corrected chi connectivity index (χ3v) is 1.98. The van der Waals surface area contributed by atoms with E-state index in [1.165, 1.54) is 20.8 Å². The first-order valence-corrected chi connectivity index (χ1v) is 4.41. The molecular formula is C8H13F6N. The highest BCUT2D eigenvalue weighted by Crippen LogP contribution is 2.37. The molecule has 0 rings (SSSR count). The van der Waals surface area contributed by atoms with Gasteiger partial charge in [-0.1, -0.05) is 6.92 Å². The summed E-state index contributed by atoms with van der Waals surface area (Å²) < 4.78 is 73.5. The van der Waals surface area contributed by atoms with E-state index < -0.39 is 24.4 Å². The lowest BCUT2D eigenvalue weighted by molar-refractivity contribution is -0.290.